The van der Waals surface area contributed by atoms with Gasteiger partial charge in [-0.15, -0.1) is 0 Å². The maximum Gasteiger partial charge on any atom is 0.304 e. The van der Waals surface area contributed by atoms with Gasteiger partial charge < -0.3 is 15.2 Å². The van der Waals surface area contributed by atoms with Crippen LogP contribution >= 0.6 is 0 Å². The fraction of sp³-hybridized carbons (Fsp3) is 0.500. The molecule has 1 fully saturated rings. The standard InChI is InChI=1S/C14H19NO3/c1-18-12-6-2-10(3-7-12)9-15-13(8-14(16)17)11-4-5-11/h2-3,6-7,11,13,15H,4-5,8-9H2,1H3,(H,16,17). The van der Waals surface area contributed by atoms with Crippen LogP contribution in [0.2, 0.25) is 0 Å². The number of carboxylic acid groups (broad SMARTS) is 1. The molecular weight excluding hydrogens is 230 g/mol. The summed E-state index contributed by atoms with van der Waals surface area (Å²) >= 11 is 0. The van der Waals surface area contributed by atoms with Gasteiger partial charge in [-0.25, -0.2) is 0 Å². The van der Waals surface area contributed by atoms with E-state index in [1.54, 1.807) is 7.11 Å². The average molecular weight is 249 g/mol. The van der Waals surface area contributed by atoms with Crippen molar-refractivity contribution in [3.8, 4) is 5.75 Å². The van der Waals surface area contributed by atoms with Gasteiger partial charge >= 0.3 is 5.97 Å². The van der Waals surface area contributed by atoms with E-state index >= 15 is 0 Å². The summed E-state index contributed by atoms with van der Waals surface area (Å²) in [6.45, 7) is 0.707. The van der Waals surface area contributed by atoms with Gasteiger partial charge in [0.15, 0.2) is 0 Å². The maximum atomic E-state index is 10.8. The molecule has 0 heterocycles. The molecule has 0 amide bonds. The van der Waals surface area contributed by atoms with Crippen LogP contribution in [0.1, 0.15) is 24.8 Å². The minimum atomic E-state index is -0.728. The van der Waals surface area contributed by atoms with Crippen molar-refractivity contribution in [2.45, 2.75) is 31.8 Å². The minimum absolute atomic E-state index is 0.101. The number of rotatable bonds is 7. The first-order chi connectivity index (χ1) is 8.69. The van der Waals surface area contributed by atoms with Crippen molar-refractivity contribution >= 4 is 5.97 Å². The van der Waals surface area contributed by atoms with E-state index in [0.29, 0.717) is 12.5 Å². The molecule has 1 aromatic carbocycles. The molecule has 0 spiro atoms. The van der Waals surface area contributed by atoms with Crippen molar-refractivity contribution in [3.05, 3.63) is 29.8 Å². The summed E-state index contributed by atoms with van der Waals surface area (Å²) in [6, 6.07) is 7.93. The summed E-state index contributed by atoms with van der Waals surface area (Å²) in [5.41, 5.74) is 1.15. The highest BCUT2D eigenvalue weighted by molar-refractivity contribution is 5.67. The lowest BCUT2D eigenvalue weighted by Crippen LogP contribution is -2.32. The Morgan fingerprint density at radius 2 is 2.11 bits per heavy atom. The van der Waals surface area contributed by atoms with Crippen molar-refractivity contribution in [1.82, 2.24) is 5.32 Å². The molecule has 4 nitrogen and oxygen atoms in total. The second-order valence-electron chi connectivity index (χ2n) is 4.77. The average Bonchev–Trinajstić information content (AvgIpc) is 3.19. The first kappa shape index (κ1) is 12.9. The number of aliphatic carboxylic acids is 1. The van der Waals surface area contributed by atoms with E-state index in [-0.39, 0.29) is 12.5 Å². The quantitative estimate of drug-likeness (QED) is 0.776. The number of carboxylic acids is 1. The normalized spacial score (nSPS) is 16.3. The van der Waals surface area contributed by atoms with E-state index in [1.165, 1.54) is 0 Å². The Morgan fingerprint density at radius 1 is 1.44 bits per heavy atom. The number of nitrogens with one attached hydrogen (secondary N) is 1. The molecule has 18 heavy (non-hydrogen) atoms. The summed E-state index contributed by atoms with van der Waals surface area (Å²) in [6.07, 6.45) is 2.50. The molecule has 1 aliphatic carbocycles. The second-order valence-corrected chi connectivity index (χ2v) is 4.77. The van der Waals surface area contributed by atoms with Gasteiger partial charge in [-0.05, 0) is 36.5 Å². The van der Waals surface area contributed by atoms with Crippen LogP contribution in [0.5, 0.6) is 5.75 Å². The molecule has 1 atom stereocenters. The third kappa shape index (κ3) is 3.74. The number of ether oxygens (including phenoxy) is 1. The van der Waals surface area contributed by atoms with Gasteiger partial charge in [0.25, 0.3) is 0 Å². The lowest BCUT2D eigenvalue weighted by molar-refractivity contribution is -0.137. The van der Waals surface area contributed by atoms with Crippen molar-refractivity contribution in [1.29, 1.82) is 0 Å². The van der Waals surface area contributed by atoms with E-state index in [2.05, 4.69) is 5.32 Å². The molecule has 2 rings (SSSR count). The first-order valence-corrected chi connectivity index (χ1v) is 6.27. The van der Waals surface area contributed by atoms with Crippen LogP contribution in [0.4, 0.5) is 0 Å². The van der Waals surface area contributed by atoms with E-state index in [4.69, 9.17) is 9.84 Å². The molecule has 0 aromatic heterocycles. The van der Waals surface area contributed by atoms with Crippen molar-refractivity contribution < 1.29 is 14.6 Å². The maximum absolute atomic E-state index is 10.8. The van der Waals surface area contributed by atoms with E-state index < -0.39 is 5.97 Å². The molecule has 98 valence electrons. The van der Waals surface area contributed by atoms with Gasteiger partial charge in [0.2, 0.25) is 0 Å². The highest BCUT2D eigenvalue weighted by atomic mass is 16.5. The molecule has 1 aliphatic rings. The summed E-state index contributed by atoms with van der Waals surface area (Å²) in [5, 5.41) is 12.2. The van der Waals surface area contributed by atoms with Crippen LogP contribution in [-0.4, -0.2) is 24.2 Å². The predicted molar refractivity (Wildman–Crippen MR) is 68.6 cm³/mol. The zero-order valence-corrected chi connectivity index (χ0v) is 10.6. The van der Waals surface area contributed by atoms with Crippen LogP contribution in [-0.2, 0) is 11.3 Å². The van der Waals surface area contributed by atoms with Gasteiger partial charge in [-0.2, -0.15) is 0 Å². The molecule has 1 aromatic rings. The molecule has 4 heteroatoms. The van der Waals surface area contributed by atoms with Crippen LogP contribution < -0.4 is 10.1 Å². The van der Waals surface area contributed by atoms with Crippen LogP contribution in [0, 0.1) is 5.92 Å². The zero-order valence-electron chi connectivity index (χ0n) is 10.6. The van der Waals surface area contributed by atoms with Gasteiger partial charge in [0, 0.05) is 12.6 Å². The second kappa shape index (κ2) is 5.87. The van der Waals surface area contributed by atoms with Crippen molar-refractivity contribution in [2.24, 2.45) is 5.92 Å². The van der Waals surface area contributed by atoms with E-state index in [0.717, 1.165) is 24.2 Å². The number of carbonyl (C=O) groups is 1. The Hall–Kier alpha value is -1.55. The molecule has 0 bridgehead atoms. The Balaban J connectivity index is 1.85. The molecular formula is C14H19NO3. The van der Waals surface area contributed by atoms with Gasteiger partial charge in [0.1, 0.15) is 5.75 Å². The third-order valence-electron chi connectivity index (χ3n) is 3.31. The molecule has 2 N–H and O–H groups in total. The minimum Gasteiger partial charge on any atom is -0.497 e. The Bertz CT molecular complexity index is 398. The number of methoxy groups -OCH3 is 1. The van der Waals surface area contributed by atoms with Gasteiger partial charge in [-0.3, -0.25) is 4.79 Å². The molecule has 1 unspecified atom stereocenters. The smallest absolute Gasteiger partial charge is 0.304 e. The van der Waals surface area contributed by atoms with Crippen LogP contribution in [0.3, 0.4) is 0 Å². The first-order valence-electron chi connectivity index (χ1n) is 6.27. The zero-order chi connectivity index (χ0) is 13.0. The number of hydrogen-bond donors (Lipinski definition) is 2. The van der Waals surface area contributed by atoms with Crippen molar-refractivity contribution in [3.63, 3.8) is 0 Å². The number of hydrogen-bond acceptors (Lipinski definition) is 3. The summed E-state index contributed by atoms with van der Waals surface area (Å²) < 4.78 is 5.10. The van der Waals surface area contributed by atoms with Gasteiger partial charge in [-0.1, -0.05) is 12.1 Å². The fourth-order valence-electron chi connectivity index (χ4n) is 2.08. The van der Waals surface area contributed by atoms with E-state index in [1.807, 2.05) is 24.3 Å². The highest BCUT2D eigenvalue weighted by Gasteiger charge is 2.32. The third-order valence-corrected chi connectivity index (χ3v) is 3.31. The summed E-state index contributed by atoms with van der Waals surface area (Å²) in [5.74, 6) is 0.650. The molecule has 0 saturated heterocycles. The lowest BCUT2D eigenvalue weighted by Gasteiger charge is -2.16. The van der Waals surface area contributed by atoms with Crippen LogP contribution in [0.15, 0.2) is 24.3 Å². The summed E-state index contributed by atoms with van der Waals surface area (Å²) in [7, 11) is 1.64. The Morgan fingerprint density at radius 3 is 2.61 bits per heavy atom. The molecule has 0 aliphatic heterocycles. The lowest BCUT2D eigenvalue weighted by atomic mass is 10.1. The number of benzene rings is 1. The fourth-order valence-corrected chi connectivity index (χ4v) is 2.08. The Labute approximate surface area is 107 Å². The van der Waals surface area contributed by atoms with Crippen molar-refractivity contribution in [2.75, 3.05) is 7.11 Å². The largest absolute Gasteiger partial charge is 0.497 e. The van der Waals surface area contributed by atoms with E-state index in [9.17, 15) is 4.79 Å². The SMILES string of the molecule is COc1ccc(CNC(CC(=O)O)C2CC2)cc1. The summed E-state index contributed by atoms with van der Waals surface area (Å²) in [4.78, 5) is 10.8. The topological polar surface area (TPSA) is 58.6 Å². The van der Waals surface area contributed by atoms with Gasteiger partial charge in [0.05, 0.1) is 13.5 Å². The monoisotopic (exact) mass is 249 g/mol. The molecule has 0 radical (unpaired) electrons. The highest BCUT2D eigenvalue weighted by Crippen LogP contribution is 2.34. The van der Waals surface area contributed by atoms with Crippen LogP contribution in [0.25, 0.3) is 0 Å². The molecule has 1 saturated carbocycles. The Kier molecular flexibility index (Phi) is 4.20. The predicted octanol–water partition coefficient (Wildman–Crippen LogP) is 2.04.